The third-order valence-electron chi connectivity index (χ3n) is 2.96. The average molecular weight is 394 g/mol. The van der Waals surface area contributed by atoms with Gasteiger partial charge in [0.15, 0.2) is 0 Å². The molecule has 0 fully saturated rings. The van der Waals surface area contributed by atoms with Crippen LogP contribution in [0.4, 0.5) is 61.5 Å². The lowest BCUT2D eigenvalue weighted by Crippen LogP contribution is -2.70. The lowest BCUT2D eigenvalue weighted by atomic mass is 9.90. The summed E-state index contributed by atoms with van der Waals surface area (Å²) in [7, 11) is 0. The van der Waals surface area contributed by atoms with E-state index in [0.717, 1.165) is 0 Å². The minimum Gasteiger partial charge on any atom is -0.210 e. The Bertz CT molecular complexity index is 437. The highest BCUT2D eigenvalue weighted by Gasteiger charge is 2.89. The Morgan fingerprint density at radius 3 is 1.08 bits per heavy atom. The second-order valence-electron chi connectivity index (χ2n) is 4.66. The minimum absolute atomic E-state index is 0.103. The lowest BCUT2D eigenvalue weighted by Gasteiger charge is -2.41. The summed E-state index contributed by atoms with van der Waals surface area (Å²) in [5.41, 5.74) is 0. The van der Waals surface area contributed by atoms with Crippen LogP contribution in [-0.2, 0) is 0 Å². The molecule has 0 N–H and O–H groups in total. The molecule has 14 heteroatoms. The molecule has 0 nitrogen and oxygen atoms in total. The summed E-state index contributed by atoms with van der Waals surface area (Å²) in [5, 5.41) is 0. The van der Waals surface area contributed by atoms with Gasteiger partial charge in [-0.25, -0.2) is 8.78 Å². The first-order chi connectivity index (χ1) is 10.2. The number of alkyl halides is 14. The summed E-state index contributed by atoms with van der Waals surface area (Å²) in [5.74, 6) is -42.7. The van der Waals surface area contributed by atoms with E-state index in [1.54, 1.807) is 0 Å². The molecule has 24 heavy (non-hydrogen) atoms. The molecule has 0 aromatic rings. The van der Waals surface area contributed by atoms with Crippen LogP contribution in [0.25, 0.3) is 0 Å². The van der Waals surface area contributed by atoms with Gasteiger partial charge < -0.3 is 0 Å². The van der Waals surface area contributed by atoms with E-state index in [1.807, 2.05) is 0 Å². The van der Waals surface area contributed by atoms with Gasteiger partial charge in [-0.15, -0.1) is 0 Å². The molecule has 0 aliphatic heterocycles. The van der Waals surface area contributed by atoms with Gasteiger partial charge in [-0.2, -0.15) is 52.7 Å². The van der Waals surface area contributed by atoms with Crippen molar-refractivity contribution < 1.29 is 61.5 Å². The van der Waals surface area contributed by atoms with Gasteiger partial charge in [-0.1, -0.05) is 6.92 Å². The van der Waals surface area contributed by atoms with Crippen molar-refractivity contribution in [2.45, 2.75) is 61.7 Å². The van der Waals surface area contributed by atoms with E-state index < -0.39 is 54.8 Å². The third-order valence-corrected chi connectivity index (χ3v) is 2.96. The highest BCUT2D eigenvalue weighted by atomic mass is 19.4. The Balaban J connectivity index is 6.20. The topological polar surface area (TPSA) is 0 Å². The summed E-state index contributed by atoms with van der Waals surface area (Å²) in [6, 6.07) is 0. The van der Waals surface area contributed by atoms with Crippen molar-refractivity contribution in [3.63, 3.8) is 0 Å². The molecular weight excluding hydrogens is 386 g/mol. The average Bonchev–Trinajstić information content (AvgIpc) is 2.35. The molecule has 0 unspecified atom stereocenters. The number of hydrogen-bond acceptors (Lipinski definition) is 0. The maximum Gasteiger partial charge on any atom is 0.384 e. The normalized spacial score (nSPS) is 16.0. The predicted octanol–water partition coefficient (Wildman–Crippen LogP) is 5.86. The smallest absolute Gasteiger partial charge is 0.210 e. The van der Waals surface area contributed by atoms with Gasteiger partial charge in [0.05, 0.1) is 6.42 Å². The molecule has 0 saturated heterocycles. The Morgan fingerprint density at radius 2 is 0.833 bits per heavy atom. The van der Waals surface area contributed by atoms with E-state index >= 15 is 0 Å². The molecule has 0 aromatic heterocycles. The fourth-order valence-electron chi connectivity index (χ4n) is 1.40. The van der Waals surface area contributed by atoms with E-state index in [2.05, 4.69) is 0 Å². The SMILES string of the molecule is CCC(F)(F)C(F)(F)C(F)(F)C(F)(F)C(F)(F)C(F)(F)CC(F)F. The fourth-order valence-corrected chi connectivity index (χ4v) is 1.40. The molecule has 0 aliphatic rings. The van der Waals surface area contributed by atoms with Crippen molar-refractivity contribution in [1.82, 2.24) is 0 Å². The van der Waals surface area contributed by atoms with Gasteiger partial charge in [-0.05, 0) is 0 Å². The van der Waals surface area contributed by atoms with Gasteiger partial charge >= 0.3 is 35.5 Å². The fraction of sp³-hybridized carbons (Fsp3) is 1.00. The van der Waals surface area contributed by atoms with E-state index in [0.29, 0.717) is 0 Å². The Labute approximate surface area is 124 Å². The van der Waals surface area contributed by atoms with E-state index in [-0.39, 0.29) is 6.92 Å². The molecule has 0 radical (unpaired) electrons. The first-order valence-electron chi connectivity index (χ1n) is 5.78. The van der Waals surface area contributed by atoms with E-state index in [1.165, 1.54) is 0 Å². The van der Waals surface area contributed by atoms with Crippen molar-refractivity contribution in [2.24, 2.45) is 0 Å². The van der Waals surface area contributed by atoms with Crippen LogP contribution < -0.4 is 0 Å². The highest BCUT2D eigenvalue weighted by Crippen LogP contribution is 2.61. The molecule has 0 heterocycles. The number of halogens is 14. The Morgan fingerprint density at radius 1 is 0.542 bits per heavy atom. The van der Waals surface area contributed by atoms with Crippen LogP contribution in [0.15, 0.2) is 0 Å². The molecule has 146 valence electrons. The van der Waals surface area contributed by atoms with Crippen molar-refractivity contribution in [3.05, 3.63) is 0 Å². The molecule has 0 atom stereocenters. The van der Waals surface area contributed by atoms with Crippen LogP contribution in [0.2, 0.25) is 0 Å². The Hall–Kier alpha value is -0.980. The number of hydrogen-bond donors (Lipinski definition) is 0. The summed E-state index contributed by atoms with van der Waals surface area (Å²) < 4.78 is 178. The largest absolute Gasteiger partial charge is 0.384 e. The molecule has 0 bridgehead atoms. The van der Waals surface area contributed by atoms with Crippen LogP contribution in [-0.4, -0.2) is 42.0 Å². The first-order valence-corrected chi connectivity index (χ1v) is 5.78. The first kappa shape index (κ1) is 23.0. The summed E-state index contributed by atoms with van der Waals surface area (Å²) >= 11 is 0. The van der Waals surface area contributed by atoms with Gasteiger partial charge in [0, 0.05) is 6.42 Å². The lowest BCUT2D eigenvalue weighted by molar-refractivity contribution is -0.426. The summed E-state index contributed by atoms with van der Waals surface area (Å²) in [6.07, 6.45) is -10.0. The van der Waals surface area contributed by atoms with Crippen molar-refractivity contribution in [2.75, 3.05) is 0 Å². The van der Waals surface area contributed by atoms with Crippen LogP contribution in [0, 0.1) is 0 Å². The summed E-state index contributed by atoms with van der Waals surface area (Å²) in [4.78, 5) is 0. The molecule has 0 aliphatic carbocycles. The zero-order valence-electron chi connectivity index (χ0n) is 11.3. The monoisotopic (exact) mass is 394 g/mol. The molecule has 0 spiro atoms. The Kier molecular flexibility index (Phi) is 5.83. The van der Waals surface area contributed by atoms with Gasteiger partial charge in [0.1, 0.15) is 0 Å². The van der Waals surface area contributed by atoms with Gasteiger partial charge in [0.25, 0.3) is 0 Å². The maximum atomic E-state index is 13.0. The maximum absolute atomic E-state index is 13.0. The van der Waals surface area contributed by atoms with Crippen molar-refractivity contribution in [3.8, 4) is 0 Å². The molecule has 0 amide bonds. The van der Waals surface area contributed by atoms with Crippen LogP contribution in [0.5, 0.6) is 0 Å². The second kappa shape index (κ2) is 6.07. The molecule has 0 aromatic carbocycles. The number of rotatable bonds is 8. The van der Waals surface area contributed by atoms with Gasteiger partial charge in [0.2, 0.25) is 6.43 Å². The van der Waals surface area contributed by atoms with Crippen molar-refractivity contribution >= 4 is 0 Å². The second-order valence-corrected chi connectivity index (χ2v) is 4.66. The molecule has 0 saturated carbocycles. The van der Waals surface area contributed by atoms with E-state index in [4.69, 9.17) is 0 Å². The van der Waals surface area contributed by atoms with Gasteiger partial charge in [-0.3, -0.25) is 0 Å². The zero-order chi connectivity index (χ0) is 20.0. The predicted molar refractivity (Wildman–Crippen MR) is 50.6 cm³/mol. The third kappa shape index (κ3) is 3.11. The van der Waals surface area contributed by atoms with Crippen molar-refractivity contribution in [1.29, 1.82) is 0 Å². The van der Waals surface area contributed by atoms with Crippen LogP contribution in [0.1, 0.15) is 19.8 Å². The summed E-state index contributed by atoms with van der Waals surface area (Å²) in [6.45, 7) is 0.103. The molecule has 0 rings (SSSR count). The van der Waals surface area contributed by atoms with Crippen LogP contribution >= 0.6 is 0 Å². The van der Waals surface area contributed by atoms with Crippen LogP contribution in [0.3, 0.4) is 0 Å². The van der Waals surface area contributed by atoms with E-state index in [9.17, 15) is 61.5 Å². The highest BCUT2D eigenvalue weighted by molar-refractivity contribution is 5.11. The molecular formula is C10H8F14. The minimum atomic E-state index is -7.78. The standard InChI is InChI=1S/C10H8F14/c1-2-5(13,14)7(17,18)9(21,22)10(23,24)8(19,20)6(15,16)3-4(11)12/h4H,2-3H2,1H3. The quantitative estimate of drug-likeness (QED) is 0.452. The zero-order valence-corrected chi connectivity index (χ0v) is 11.3.